The number of carbonyl (C=O) groups excluding carboxylic acids is 1. The third-order valence-electron chi connectivity index (χ3n) is 3.00. The van der Waals surface area contributed by atoms with Gasteiger partial charge in [0.05, 0.1) is 5.54 Å². The molecule has 0 radical (unpaired) electrons. The van der Waals surface area contributed by atoms with Crippen molar-refractivity contribution in [3.63, 3.8) is 0 Å². The summed E-state index contributed by atoms with van der Waals surface area (Å²) in [5.74, 6) is 0.716. The van der Waals surface area contributed by atoms with Gasteiger partial charge in [-0.25, -0.2) is 5.43 Å². The van der Waals surface area contributed by atoms with Crippen LogP contribution in [0.1, 0.15) is 40.2 Å². The molecule has 0 aliphatic carbocycles. The molecule has 4 heteroatoms. The van der Waals surface area contributed by atoms with E-state index in [1.54, 1.807) is 0 Å². The van der Waals surface area contributed by atoms with Gasteiger partial charge in [-0.05, 0) is 58.4 Å². The first-order valence-electron chi connectivity index (χ1n) is 6.76. The molecule has 2 rings (SSSR count). The maximum Gasteiger partial charge on any atom is 0.263 e. The number of benzene rings is 1. The average molecular weight is 274 g/mol. The van der Waals surface area contributed by atoms with E-state index < -0.39 is 0 Å². The summed E-state index contributed by atoms with van der Waals surface area (Å²) in [6, 6.07) is 7.76. The Morgan fingerprint density at radius 3 is 2.50 bits per heavy atom. The third-order valence-corrected chi connectivity index (χ3v) is 3.00. The molecule has 0 aromatic heterocycles. The van der Waals surface area contributed by atoms with Crippen molar-refractivity contribution >= 4 is 12.0 Å². The summed E-state index contributed by atoms with van der Waals surface area (Å²) < 4.78 is 5.84. The van der Waals surface area contributed by atoms with Crippen molar-refractivity contribution in [3.8, 4) is 5.75 Å². The maximum atomic E-state index is 11.8. The minimum Gasteiger partial charge on any atom is -0.488 e. The van der Waals surface area contributed by atoms with Crippen molar-refractivity contribution < 1.29 is 9.53 Å². The predicted octanol–water partition coefficient (Wildman–Crippen LogP) is 2.66. The zero-order valence-corrected chi connectivity index (χ0v) is 12.7. The van der Waals surface area contributed by atoms with Gasteiger partial charge in [-0.2, -0.15) is 0 Å². The molecule has 2 N–H and O–H groups in total. The van der Waals surface area contributed by atoms with E-state index in [0.717, 1.165) is 11.3 Å². The molecule has 0 atom stereocenters. The van der Waals surface area contributed by atoms with Crippen molar-refractivity contribution in [2.24, 2.45) is 0 Å². The summed E-state index contributed by atoms with van der Waals surface area (Å²) >= 11 is 0. The first-order valence-corrected chi connectivity index (χ1v) is 6.76. The zero-order valence-electron chi connectivity index (χ0n) is 12.7. The quantitative estimate of drug-likeness (QED) is 0.815. The van der Waals surface area contributed by atoms with Crippen molar-refractivity contribution in [3.05, 3.63) is 35.4 Å². The number of rotatable bonds is 2. The number of carbonyl (C=O) groups is 1. The molecular formula is C16H22N2O2. The van der Waals surface area contributed by atoms with E-state index in [1.165, 1.54) is 0 Å². The first-order chi connectivity index (χ1) is 9.17. The highest BCUT2D eigenvalue weighted by atomic mass is 16.5. The Morgan fingerprint density at radius 2 is 1.95 bits per heavy atom. The third kappa shape index (κ3) is 3.39. The van der Waals surface area contributed by atoms with Crippen molar-refractivity contribution in [2.45, 2.75) is 45.8 Å². The molecule has 4 nitrogen and oxygen atoms in total. The van der Waals surface area contributed by atoms with Gasteiger partial charge in [0.15, 0.2) is 0 Å². The predicted molar refractivity (Wildman–Crippen MR) is 80.2 cm³/mol. The lowest BCUT2D eigenvalue weighted by Crippen LogP contribution is -2.38. The minimum absolute atomic E-state index is 0.0860. The standard InChI is InChI=1S/C16H22N2O2/c1-15(2,3)20-12-8-6-7-11(9-12)10-13-14(19)17-18-16(13,4)5/h6-10,18H,1-5H3,(H,17,19)/b13-10+. The summed E-state index contributed by atoms with van der Waals surface area (Å²) in [5.41, 5.74) is 6.66. The number of nitrogens with one attached hydrogen (secondary N) is 2. The van der Waals surface area contributed by atoms with Crippen molar-refractivity contribution in [1.29, 1.82) is 0 Å². The fraction of sp³-hybridized carbons (Fsp3) is 0.438. The van der Waals surface area contributed by atoms with Crippen LogP contribution in [0.15, 0.2) is 29.8 Å². The van der Waals surface area contributed by atoms with Gasteiger partial charge in [0.2, 0.25) is 0 Å². The molecule has 1 aromatic carbocycles. The Kier molecular flexibility index (Phi) is 3.61. The molecule has 1 aliphatic rings. The molecule has 0 unspecified atom stereocenters. The SMILES string of the molecule is CC(C)(C)Oc1cccc(/C=C2\C(=O)NNC2(C)C)c1. The van der Waals surface area contributed by atoms with E-state index in [-0.39, 0.29) is 17.0 Å². The normalized spacial score (nSPS) is 20.1. The van der Waals surface area contributed by atoms with Crippen LogP contribution in [0, 0.1) is 0 Å². The van der Waals surface area contributed by atoms with Crippen LogP contribution < -0.4 is 15.6 Å². The van der Waals surface area contributed by atoms with Crippen LogP contribution in [0.5, 0.6) is 5.75 Å². The van der Waals surface area contributed by atoms with Gasteiger partial charge >= 0.3 is 0 Å². The van der Waals surface area contributed by atoms with Crippen LogP contribution >= 0.6 is 0 Å². The largest absolute Gasteiger partial charge is 0.488 e. The number of amides is 1. The lowest BCUT2D eigenvalue weighted by Gasteiger charge is -2.21. The van der Waals surface area contributed by atoms with E-state index in [2.05, 4.69) is 10.9 Å². The Hall–Kier alpha value is -1.81. The van der Waals surface area contributed by atoms with Gasteiger partial charge < -0.3 is 4.74 Å². The van der Waals surface area contributed by atoms with E-state index in [1.807, 2.05) is 65.0 Å². The summed E-state index contributed by atoms with van der Waals surface area (Å²) in [6.45, 7) is 9.96. The smallest absolute Gasteiger partial charge is 0.263 e. The molecule has 1 amide bonds. The van der Waals surface area contributed by atoms with Gasteiger partial charge in [-0.1, -0.05) is 12.1 Å². The Morgan fingerprint density at radius 1 is 1.25 bits per heavy atom. The van der Waals surface area contributed by atoms with Crippen LogP contribution in [0.2, 0.25) is 0 Å². The van der Waals surface area contributed by atoms with E-state index >= 15 is 0 Å². The lowest BCUT2D eigenvalue weighted by atomic mass is 9.94. The highest BCUT2D eigenvalue weighted by Gasteiger charge is 2.34. The summed E-state index contributed by atoms with van der Waals surface area (Å²) in [7, 11) is 0. The highest BCUT2D eigenvalue weighted by Crippen LogP contribution is 2.25. The van der Waals surface area contributed by atoms with Gasteiger partial charge in [0.1, 0.15) is 11.4 Å². The second-order valence-corrected chi connectivity index (χ2v) is 6.55. The maximum absolute atomic E-state index is 11.8. The average Bonchev–Trinajstić information content (AvgIpc) is 2.54. The molecule has 108 valence electrons. The molecular weight excluding hydrogens is 252 g/mol. The number of hydrogen-bond donors (Lipinski definition) is 2. The summed E-state index contributed by atoms with van der Waals surface area (Å²) in [4.78, 5) is 11.8. The van der Waals surface area contributed by atoms with Gasteiger partial charge in [0.25, 0.3) is 5.91 Å². The highest BCUT2D eigenvalue weighted by molar-refractivity contribution is 6.01. The molecule has 0 spiro atoms. The molecule has 20 heavy (non-hydrogen) atoms. The van der Waals surface area contributed by atoms with Crippen LogP contribution in [0.4, 0.5) is 0 Å². The lowest BCUT2D eigenvalue weighted by molar-refractivity contribution is -0.116. The topological polar surface area (TPSA) is 50.4 Å². The van der Waals surface area contributed by atoms with Gasteiger partial charge in [0, 0.05) is 5.57 Å². The molecule has 0 saturated carbocycles. The Bertz CT molecular complexity index is 554. The Labute approximate surface area is 120 Å². The molecule has 1 heterocycles. The fourth-order valence-corrected chi connectivity index (χ4v) is 2.07. The van der Waals surface area contributed by atoms with Crippen LogP contribution in [0.3, 0.4) is 0 Å². The van der Waals surface area contributed by atoms with Crippen molar-refractivity contribution in [1.82, 2.24) is 10.9 Å². The fourth-order valence-electron chi connectivity index (χ4n) is 2.07. The zero-order chi connectivity index (χ0) is 15.0. The molecule has 0 bridgehead atoms. The molecule has 1 saturated heterocycles. The monoisotopic (exact) mass is 274 g/mol. The van der Waals surface area contributed by atoms with E-state index in [0.29, 0.717) is 5.57 Å². The van der Waals surface area contributed by atoms with Gasteiger partial charge in [-0.15, -0.1) is 0 Å². The second kappa shape index (κ2) is 4.94. The molecule has 1 aliphatic heterocycles. The first kappa shape index (κ1) is 14.6. The second-order valence-electron chi connectivity index (χ2n) is 6.55. The van der Waals surface area contributed by atoms with Crippen LogP contribution in [0.25, 0.3) is 6.08 Å². The number of ether oxygens (including phenoxy) is 1. The van der Waals surface area contributed by atoms with Crippen LogP contribution in [-0.2, 0) is 4.79 Å². The Balaban J connectivity index is 2.30. The van der Waals surface area contributed by atoms with Crippen LogP contribution in [-0.4, -0.2) is 17.0 Å². The summed E-state index contributed by atoms with van der Waals surface area (Å²) in [6.07, 6.45) is 1.89. The van der Waals surface area contributed by atoms with E-state index in [4.69, 9.17) is 4.74 Å². The number of hydrazine groups is 1. The summed E-state index contributed by atoms with van der Waals surface area (Å²) in [5, 5.41) is 0. The van der Waals surface area contributed by atoms with E-state index in [9.17, 15) is 4.79 Å². The molecule has 1 aromatic rings. The minimum atomic E-state index is -0.377. The molecule has 1 fully saturated rings. The van der Waals surface area contributed by atoms with Crippen molar-refractivity contribution in [2.75, 3.05) is 0 Å². The number of hydrogen-bond acceptors (Lipinski definition) is 3. The van der Waals surface area contributed by atoms with Gasteiger partial charge in [-0.3, -0.25) is 10.2 Å².